The number of aliphatic hydroxyl groups is 1. The Morgan fingerprint density at radius 1 is 1.48 bits per heavy atom. The van der Waals surface area contributed by atoms with Crippen molar-refractivity contribution in [1.82, 2.24) is 4.90 Å². The van der Waals surface area contributed by atoms with Crippen LogP contribution in [0.5, 0.6) is 0 Å². The molecule has 7 heteroatoms. The number of nitrogens with zero attached hydrogens (tertiary/aromatic N) is 1. The van der Waals surface area contributed by atoms with Gasteiger partial charge in [-0.25, -0.2) is 8.78 Å². The van der Waals surface area contributed by atoms with E-state index in [2.05, 4.69) is 0 Å². The van der Waals surface area contributed by atoms with E-state index in [1.54, 1.807) is 0 Å². The van der Waals surface area contributed by atoms with Gasteiger partial charge < -0.3 is 15.7 Å². The van der Waals surface area contributed by atoms with Crippen LogP contribution < -0.4 is 5.73 Å². The molecule has 1 heterocycles. The molecule has 3 N–H and O–H groups in total. The molecule has 21 heavy (non-hydrogen) atoms. The van der Waals surface area contributed by atoms with Gasteiger partial charge in [-0.3, -0.25) is 4.79 Å². The van der Waals surface area contributed by atoms with E-state index >= 15 is 0 Å². The van der Waals surface area contributed by atoms with E-state index in [0.717, 1.165) is 20.5 Å². The highest BCUT2D eigenvalue weighted by atomic mass is 32.1. The Labute approximate surface area is 124 Å². The van der Waals surface area contributed by atoms with Crippen molar-refractivity contribution in [3.8, 4) is 0 Å². The van der Waals surface area contributed by atoms with E-state index in [1.807, 2.05) is 25.1 Å². The van der Waals surface area contributed by atoms with Crippen LogP contribution in [0, 0.1) is 6.92 Å². The Balaban J connectivity index is 2.39. The number of alkyl halides is 2. The predicted octanol–water partition coefficient (Wildman–Crippen LogP) is 2.49. The topological polar surface area (TPSA) is 66.6 Å². The number of hydrogen-bond donors (Lipinski definition) is 2. The average molecular weight is 314 g/mol. The third-order valence-corrected chi connectivity index (χ3v) is 4.25. The summed E-state index contributed by atoms with van der Waals surface area (Å²) in [6, 6.07) is 5.59. The van der Waals surface area contributed by atoms with Crippen molar-refractivity contribution in [3.05, 3.63) is 28.6 Å². The molecule has 0 radical (unpaired) electrons. The zero-order valence-electron chi connectivity index (χ0n) is 11.5. The Hall–Kier alpha value is -1.73. The quantitative estimate of drug-likeness (QED) is 0.891. The van der Waals surface area contributed by atoms with Crippen molar-refractivity contribution in [1.29, 1.82) is 0 Å². The number of carbonyl (C=O) groups excluding carboxylic acids is 1. The SMILES string of the molecule is Cc1ccc2c(N)c(C(=O)N(CCO)CC(F)F)sc2c1. The van der Waals surface area contributed by atoms with E-state index in [9.17, 15) is 13.6 Å². The van der Waals surface area contributed by atoms with Gasteiger partial charge in [-0.2, -0.15) is 0 Å². The third kappa shape index (κ3) is 3.30. The number of carbonyl (C=O) groups is 1. The normalized spacial score (nSPS) is 11.3. The Bertz CT molecular complexity index is 658. The highest BCUT2D eigenvalue weighted by molar-refractivity contribution is 7.21. The van der Waals surface area contributed by atoms with Crippen molar-refractivity contribution in [2.45, 2.75) is 13.3 Å². The molecule has 1 aromatic carbocycles. The fourth-order valence-electron chi connectivity index (χ4n) is 2.09. The Kier molecular flexibility index (Phi) is 4.74. The molecule has 0 saturated heterocycles. The minimum Gasteiger partial charge on any atom is -0.397 e. The molecule has 1 amide bonds. The van der Waals surface area contributed by atoms with Gasteiger partial charge in [0, 0.05) is 16.6 Å². The van der Waals surface area contributed by atoms with Gasteiger partial charge in [0.2, 0.25) is 0 Å². The van der Waals surface area contributed by atoms with Crippen LogP contribution >= 0.6 is 11.3 Å². The standard InChI is InChI=1S/C14H16F2N2O2S/c1-8-2-3-9-10(6-8)21-13(12(9)17)14(20)18(4-5-19)7-11(15)16/h2-3,6,11,19H,4-5,7,17H2,1H3. The van der Waals surface area contributed by atoms with Crippen LogP contribution in [0.15, 0.2) is 18.2 Å². The summed E-state index contributed by atoms with van der Waals surface area (Å²) in [5.74, 6) is -0.569. The van der Waals surface area contributed by atoms with Crippen LogP contribution in [0.2, 0.25) is 0 Å². The number of halogens is 2. The highest BCUT2D eigenvalue weighted by Crippen LogP contribution is 2.35. The van der Waals surface area contributed by atoms with Crippen molar-refractivity contribution in [3.63, 3.8) is 0 Å². The van der Waals surface area contributed by atoms with Crippen molar-refractivity contribution < 1.29 is 18.7 Å². The van der Waals surface area contributed by atoms with E-state index in [1.165, 1.54) is 11.3 Å². The van der Waals surface area contributed by atoms with Crippen molar-refractivity contribution in [2.75, 3.05) is 25.4 Å². The fraction of sp³-hybridized carbons (Fsp3) is 0.357. The summed E-state index contributed by atoms with van der Waals surface area (Å²) in [6.07, 6.45) is -2.65. The number of rotatable bonds is 5. The summed E-state index contributed by atoms with van der Waals surface area (Å²) in [6.45, 7) is 0.691. The monoisotopic (exact) mass is 314 g/mol. The number of nitrogens with two attached hydrogens (primary N) is 1. The number of aliphatic hydroxyl groups excluding tert-OH is 1. The molecule has 0 fully saturated rings. The van der Waals surface area contributed by atoms with Gasteiger partial charge in [0.05, 0.1) is 18.8 Å². The van der Waals surface area contributed by atoms with Crippen LogP contribution in [-0.4, -0.2) is 42.0 Å². The van der Waals surface area contributed by atoms with E-state index < -0.39 is 18.9 Å². The molecule has 0 saturated carbocycles. The molecule has 4 nitrogen and oxygen atoms in total. The molecule has 2 aromatic rings. The average Bonchev–Trinajstić information content (AvgIpc) is 2.73. The molecule has 114 valence electrons. The van der Waals surface area contributed by atoms with Gasteiger partial charge in [0.25, 0.3) is 12.3 Å². The Morgan fingerprint density at radius 3 is 2.81 bits per heavy atom. The van der Waals surface area contributed by atoms with E-state index in [4.69, 9.17) is 10.8 Å². The largest absolute Gasteiger partial charge is 0.397 e. The molecule has 0 bridgehead atoms. The molecular formula is C14H16F2N2O2S. The first kappa shape index (κ1) is 15.7. The molecule has 0 unspecified atom stereocenters. The summed E-state index contributed by atoms with van der Waals surface area (Å²) in [5, 5.41) is 9.67. The second-order valence-electron chi connectivity index (χ2n) is 4.71. The molecule has 0 aliphatic carbocycles. The number of nitrogen functional groups attached to an aromatic ring is 1. The zero-order valence-corrected chi connectivity index (χ0v) is 12.3. The molecular weight excluding hydrogens is 298 g/mol. The van der Waals surface area contributed by atoms with Gasteiger partial charge in [-0.1, -0.05) is 12.1 Å². The summed E-state index contributed by atoms with van der Waals surface area (Å²) in [7, 11) is 0. The van der Waals surface area contributed by atoms with Crippen LogP contribution in [0.25, 0.3) is 10.1 Å². The Morgan fingerprint density at radius 2 is 2.19 bits per heavy atom. The van der Waals surface area contributed by atoms with E-state index in [0.29, 0.717) is 5.69 Å². The highest BCUT2D eigenvalue weighted by Gasteiger charge is 2.24. The number of aryl methyl sites for hydroxylation is 1. The first-order valence-electron chi connectivity index (χ1n) is 6.41. The number of benzene rings is 1. The maximum atomic E-state index is 12.5. The van der Waals surface area contributed by atoms with Gasteiger partial charge in [-0.05, 0) is 18.6 Å². The van der Waals surface area contributed by atoms with Crippen molar-refractivity contribution in [2.24, 2.45) is 0 Å². The van der Waals surface area contributed by atoms with E-state index in [-0.39, 0.29) is 18.0 Å². The number of amides is 1. The summed E-state index contributed by atoms with van der Waals surface area (Å²) < 4.78 is 25.9. The lowest BCUT2D eigenvalue weighted by Gasteiger charge is -2.20. The molecule has 1 aromatic heterocycles. The second-order valence-corrected chi connectivity index (χ2v) is 5.76. The molecule has 0 spiro atoms. The summed E-state index contributed by atoms with van der Waals surface area (Å²) in [5.41, 5.74) is 7.30. The molecule has 0 atom stereocenters. The van der Waals surface area contributed by atoms with Gasteiger partial charge >= 0.3 is 0 Å². The maximum Gasteiger partial charge on any atom is 0.266 e. The lowest BCUT2D eigenvalue weighted by atomic mass is 10.1. The number of fused-ring (bicyclic) bond motifs is 1. The maximum absolute atomic E-state index is 12.5. The number of thiophene rings is 1. The third-order valence-electron chi connectivity index (χ3n) is 3.09. The zero-order chi connectivity index (χ0) is 15.6. The fourth-order valence-corrected chi connectivity index (χ4v) is 3.28. The first-order valence-corrected chi connectivity index (χ1v) is 7.22. The molecule has 0 aliphatic rings. The van der Waals surface area contributed by atoms with Gasteiger partial charge in [0.1, 0.15) is 4.88 Å². The van der Waals surface area contributed by atoms with Gasteiger partial charge in [0.15, 0.2) is 0 Å². The lowest BCUT2D eigenvalue weighted by Crippen LogP contribution is -2.37. The smallest absolute Gasteiger partial charge is 0.266 e. The minimum atomic E-state index is -2.65. The van der Waals surface area contributed by atoms with Gasteiger partial charge in [-0.15, -0.1) is 11.3 Å². The molecule has 2 rings (SSSR count). The van der Waals surface area contributed by atoms with Crippen LogP contribution in [0.3, 0.4) is 0 Å². The predicted molar refractivity (Wildman–Crippen MR) is 80.0 cm³/mol. The minimum absolute atomic E-state index is 0.143. The van der Waals surface area contributed by atoms with Crippen LogP contribution in [0.1, 0.15) is 15.2 Å². The van der Waals surface area contributed by atoms with Crippen LogP contribution in [0.4, 0.5) is 14.5 Å². The van der Waals surface area contributed by atoms with Crippen molar-refractivity contribution >= 4 is 33.0 Å². The summed E-state index contributed by atoms with van der Waals surface area (Å²) >= 11 is 1.18. The first-order chi connectivity index (χ1) is 9.93. The van der Waals surface area contributed by atoms with Crippen LogP contribution in [-0.2, 0) is 0 Å². The number of anilines is 1. The molecule has 0 aliphatic heterocycles. The number of hydrogen-bond acceptors (Lipinski definition) is 4. The summed E-state index contributed by atoms with van der Waals surface area (Å²) in [4.78, 5) is 13.5. The lowest BCUT2D eigenvalue weighted by molar-refractivity contribution is 0.0514. The second kappa shape index (κ2) is 6.36.